The second-order valence-corrected chi connectivity index (χ2v) is 6.47. The minimum absolute atomic E-state index is 0.418. The highest BCUT2D eigenvalue weighted by Crippen LogP contribution is 2.30. The zero-order chi connectivity index (χ0) is 15.3. The van der Waals surface area contributed by atoms with Crippen molar-refractivity contribution in [2.24, 2.45) is 0 Å². The van der Waals surface area contributed by atoms with Gasteiger partial charge in [0, 0.05) is 23.2 Å². The molecule has 0 aliphatic rings. The summed E-state index contributed by atoms with van der Waals surface area (Å²) in [5.74, 6) is 0. The molecule has 5 nitrogen and oxygen atoms in total. The van der Waals surface area contributed by atoms with Crippen molar-refractivity contribution in [3.63, 3.8) is 0 Å². The highest BCUT2D eigenvalue weighted by Gasteiger charge is 2.15. The van der Waals surface area contributed by atoms with E-state index in [0.29, 0.717) is 23.8 Å². The number of rotatable bonds is 4. The number of nitrogen functional groups attached to an aromatic ring is 1. The van der Waals surface area contributed by atoms with E-state index >= 15 is 0 Å². The van der Waals surface area contributed by atoms with E-state index in [1.807, 2.05) is 20.8 Å². The smallest absolute Gasteiger partial charge is 0.407 e. The van der Waals surface area contributed by atoms with E-state index in [-0.39, 0.29) is 0 Å². The first-order chi connectivity index (χ1) is 9.19. The van der Waals surface area contributed by atoms with Crippen LogP contribution in [0.25, 0.3) is 0 Å². The summed E-state index contributed by atoms with van der Waals surface area (Å²) in [6.45, 7) is 6.38. The first-order valence-electron chi connectivity index (χ1n) is 6.14. The number of halogens is 2. The summed E-state index contributed by atoms with van der Waals surface area (Å²) in [5, 5.41) is 6.30. The van der Waals surface area contributed by atoms with E-state index in [1.54, 1.807) is 12.1 Å². The lowest BCUT2D eigenvalue weighted by atomic mass is 10.2. The molecule has 7 heteroatoms. The van der Waals surface area contributed by atoms with Crippen molar-refractivity contribution >= 4 is 45.0 Å². The van der Waals surface area contributed by atoms with Gasteiger partial charge in [0.15, 0.2) is 0 Å². The SMILES string of the molecule is CC(C)(C)OC(=O)NCCNc1cc(N)c(Br)cc1Cl. The maximum absolute atomic E-state index is 11.4. The van der Waals surface area contributed by atoms with Crippen molar-refractivity contribution in [2.45, 2.75) is 26.4 Å². The Morgan fingerprint density at radius 1 is 1.40 bits per heavy atom. The molecule has 0 unspecified atom stereocenters. The van der Waals surface area contributed by atoms with Crippen molar-refractivity contribution in [3.8, 4) is 0 Å². The molecule has 0 aliphatic heterocycles. The van der Waals surface area contributed by atoms with Crippen molar-refractivity contribution < 1.29 is 9.53 Å². The number of nitrogens with one attached hydrogen (secondary N) is 2. The van der Waals surface area contributed by atoms with Gasteiger partial charge >= 0.3 is 6.09 Å². The molecule has 0 radical (unpaired) electrons. The van der Waals surface area contributed by atoms with Gasteiger partial charge in [0.1, 0.15) is 5.60 Å². The molecule has 0 saturated carbocycles. The van der Waals surface area contributed by atoms with Gasteiger partial charge in [-0.1, -0.05) is 11.6 Å². The van der Waals surface area contributed by atoms with Gasteiger partial charge in [0.25, 0.3) is 0 Å². The number of hydrogen-bond donors (Lipinski definition) is 3. The molecular formula is C13H19BrClN3O2. The highest BCUT2D eigenvalue weighted by atomic mass is 79.9. The van der Waals surface area contributed by atoms with Gasteiger partial charge in [-0.2, -0.15) is 0 Å². The minimum Gasteiger partial charge on any atom is -0.444 e. The molecule has 0 atom stereocenters. The van der Waals surface area contributed by atoms with E-state index in [9.17, 15) is 4.79 Å². The maximum atomic E-state index is 11.4. The fraction of sp³-hybridized carbons (Fsp3) is 0.462. The van der Waals surface area contributed by atoms with Gasteiger partial charge < -0.3 is 21.1 Å². The van der Waals surface area contributed by atoms with E-state index in [4.69, 9.17) is 22.1 Å². The molecule has 0 aliphatic carbocycles. The number of amides is 1. The van der Waals surface area contributed by atoms with Gasteiger partial charge in [0.05, 0.1) is 10.7 Å². The molecule has 1 rings (SSSR count). The Hall–Kier alpha value is -1.14. The van der Waals surface area contributed by atoms with E-state index in [1.165, 1.54) is 0 Å². The Morgan fingerprint density at radius 2 is 2.05 bits per heavy atom. The van der Waals surface area contributed by atoms with Crippen LogP contribution in [0.15, 0.2) is 16.6 Å². The Balaban J connectivity index is 2.38. The molecule has 0 fully saturated rings. The monoisotopic (exact) mass is 363 g/mol. The molecule has 0 saturated heterocycles. The number of ether oxygens (including phenoxy) is 1. The van der Waals surface area contributed by atoms with Crippen LogP contribution in [0, 0.1) is 0 Å². The van der Waals surface area contributed by atoms with Crippen molar-refractivity contribution in [1.82, 2.24) is 5.32 Å². The first-order valence-corrected chi connectivity index (χ1v) is 7.31. The molecule has 1 aromatic rings. The van der Waals surface area contributed by atoms with Crippen LogP contribution in [0.3, 0.4) is 0 Å². The molecule has 112 valence electrons. The lowest BCUT2D eigenvalue weighted by molar-refractivity contribution is 0.0530. The summed E-state index contributed by atoms with van der Waals surface area (Å²) >= 11 is 9.37. The molecule has 1 aromatic carbocycles. The average Bonchev–Trinajstić information content (AvgIpc) is 2.28. The van der Waals surface area contributed by atoms with Crippen LogP contribution in [0.4, 0.5) is 16.2 Å². The molecule has 20 heavy (non-hydrogen) atoms. The number of hydrogen-bond acceptors (Lipinski definition) is 4. The van der Waals surface area contributed by atoms with Crippen molar-refractivity contribution in [1.29, 1.82) is 0 Å². The number of alkyl carbamates (subject to hydrolysis) is 1. The lowest BCUT2D eigenvalue weighted by Crippen LogP contribution is -2.35. The zero-order valence-electron chi connectivity index (χ0n) is 11.7. The predicted molar refractivity (Wildman–Crippen MR) is 86.3 cm³/mol. The summed E-state index contributed by atoms with van der Waals surface area (Å²) < 4.78 is 5.87. The molecule has 0 heterocycles. The van der Waals surface area contributed by atoms with Crippen LogP contribution in [0.1, 0.15) is 20.8 Å². The number of carbonyl (C=O) groups is 1. The largest absolute Gasteiger partial charge is 0.444 e. The van der Waals surface area contributed by atoms with Gasteiger partial charge in [-0.05, 0) is 48.8 Å². The Labute approximate surface area is 132 Å². The van der Waals surface area contributed by atoms with Crippen LogP contribution in [0.2, 0.25) is 5.02 Å². The first kappa shape index (κ1) is 16.9. The number of benzene rings is 1. The van der Waals surface area contributed by atoms with E-state index < -0.39 is 11.7 Å². The molecule has 0 spiro atoms. The highest BCUT2D eigenvalue weighted by molar-refractivity contribution is 9.10. The Morgan fingerprint density at radius 3 is 2.65 bits per heavy atom. The summed E-state index contributed by atoms with van der Waals surface area (Å²) in [4.78, 5) is 11.4. The Bertz CT molecular complexity index is 489. The molecule has 0 bridgehead atoms. The van der Waals surface area contributed by atoms with Gasteiger partial charge in [-0.3, -0.25) is 0 Å². The number of anilines is 2. The zero-order valence-corrected chi connectivity index (χ0v) is 14.1. The van der Waals surface area contributed by atoms with E-state index in [0.717, 1.165) is 10.2 Å². The minimum atomic E-state index is -0.499. The summed E-state index contributed by atoms with van der Waals surface area (Å²) in [7, 11) is 0. The second kappa shape index (κ2) is 7.04. The number of carbonyl (C=O) groups excluding carboxylic acids is 1. The number of nitrogens with two attached hydrogens (primary N) is 1. The van der Waals surface area contributed by atoms with Crippen molar-refractivity contribution in [2.75, 3.05) is 24.1 Å². The topological polar surface area (TPSA) is 76.4 Å². The fourth-order valence-electron chi connectivity index (χ4n) is 1.38. The lowest BCUT2D eigenvalue weighted by Gasteiger charge is -2.19. The van der Waals surface area contributed by atoms with Crippen molar-refractivity contribution in [3.05, 3.63) is 21.6 Å². The standard InChI is InChI=1S/C13H19BrClN3O2/c1-13(2,3)20-12(19)18-5-4-17-11-7-10(16)8(14)6-9(11)15/h6-7,17H,4-5,16H2,1-3H3,(H,18,19). The van der Waals surface area contributed by atoms with Crippen LogP contribution < -0.4 is 16.4 Å². The van der Waals surface area contributed by atoms with Gasteiger partial charge in [0.2, 0.25) is 0 Å². The molecule has 4 N–H and O–H groups in total. The normalized spacial score (nSPS) is 11.1. The quantitative estimate of drug-likeness (QED) is 0.563. The molecule has 1 amide bonds. The van der Waals surface area contributed by atoms with Gasteiger partial charge in [-0.15, -0.1) is 0 Å². The third kappa shape index (κ3) is 5.88. The predicted octanol–water partition coefficient (Wildman–Crippen LogP) is 3.62. The summed E-state index contributed by atoms with van der Waals surface area (Å²) in [6.07, 6.45) is -0.444. The molecule has 0 aromatic heterocycles. The van der Waals surface area contributed by atoms with Crippen LogP contribution in [-0.4, -0.2) is 24.8 Å². The third-order valence-electron chi connectivity index (χ3n) is 2.20. The maximum Gasteiger partial charge on any atom is 0.407 e. The van der Waals surface area contributed by atoms with Crippen LogP contribution >= 0.6 is 27.5 Å². The summed E-state index contributed by atoms with van der Waals surface area (Å²) in [5.41, 5.74) is 6.59. The van der Waals surface area contributed by atoms with Crippen LogP contribution in [0.5, 0.6) is 0 Å². The average molecular weight is 365 g/mol. The van der Waals surface area contributed by atoms with E-state index in [2.05, 4.69) is 26.6 Å². The van der Waals surface area contributed by atoms with Crippen LogP contribution in [-0.2, 0) is 4.74 Å². The molecular weight excluding hydrogens is 346 g/mol. The Kier molecular flexibility index (Phi) is 5.95. The third-order valence-corrected chi connectivity index (χ3v) is 3.19. The van der Waals surface area contributed by atoms with Gasteiger partial charge in [-0.25, -0.2) is 4.79 Å². The second-order valence-electron chi connectivity index (χ2n) is 5.21. The summed E-state index contributed by atoms with van der Waals surface area (Å²) in [6, 6.07) is 3.46. The fourth-order valence-corrected chi connectivity index (χ4v) is 2.08.